The van der Waals surface area contributed by atoms with Crippen molar-refractivity contribution in [2.75, 3.05) is 25.2 Å². The molecule has 0 bridgehead atoms. The van der Waals surface area contributed by atoms with Gasteiger partial charge in [-0.15, -0.1) is 0 Å². The normalized spacial score (nSPS) is 15.7. The number of carbonyl (C=O) groups is 1. The zero-order valence-corrected chi connectivity index (χ0v) is 25.1. The third-order valence-corrected chi connectivity index (χ3v) is 11.4. The molecule has 224 valence electrons. The molecule has 0 saturated heterocycles. The molecular formula is C30H35N3O7S2. The number of amides is 1. The van der Waals surface area contributed by atoms with E-state index >= 15 is 0 Å². The molecule has 0 unspecified atom stereocenters. The van der Waals surface area contributed by atoms with Gasteiger partial charge in [-0.05, 0) is 66.9 Å². The summed E-state index contributed by atoms with van der Waals surface area (Å²) in [6.45, 7) is 1.65. The van der Waals surface area contributed by atoms with Gasteiger partial charge in [0.1, 0.15) is 0 Å². The van der Waals surface area contributed by atoms with Crippen molar-refractivity contribution in [2.24, 2.45) is 0 Å². The molecule has 1 amide bonds. The summed E-state index contributed by atoms with van der Waals surface area (Å²) in [4.78, 5) is 12.9. The SMILES string of the molecule is CCN(C1CCCCC1)S(=O)(=O)c1ccc(S(=O)(=O)N(CC(=O)Nc2ccccc2)Cc2ccc3c(c2)OCO3)cc1. The van der Waals surface area contributed by atoms with E-state index in [9.17, 15) is 21.6 Å². The summed E-state index contributed by atoms with van der Waals surface area (Å²) in [6, 6.07) is 19.0. The maximum absolute atomic E-state index is 13.9. The van der Waals surface area contributed by atoms with Crippen molar-refractivity contribution < 1.29 is 31.1 Å². The van der Waals surface area contributed by atoms with Gasteiger partial charge in [-0.3, -0.25) is 4.79 Å². The van der Waals surface area contributed by atoms with Gasteiger partial charge < -0.3 is 14.8 Å². The van der Waals surface area contributed by atoms with Crippen molar-refractivity contribution in [3.63, 3.8) is 0 Å². The topological polar surface area (TPSA) is 122 Å². The number of anilines is 1. The molecule has 12 heteroatoms. The molecule has 0 atom stereocenters. The van der Waals surface area contributed by atoms with E-state index in [1.54, 1.807) is 42.5 Å². The lowest BCUT2D eigenvalue weighted by Gasteiger charge is -2.32. The second-order valence-electron chi connectivity index (χ2n) is 10.3. The third-order valence-electron chi connectivity index (χ3n) is 7.54. The number of carbonyl (C=O) groups excluding carboxylic acids is 1. The number of hydrogen-bond donors (Lipinski definition) is 1. The first-order chi connectivity index (χ1) is 20.2. The van der Waals surface area contributed by atoms with Gasteiger partial charge in [0.15, 0.2) is 11.5 Å². The van der Waals surface area contributed by atoms with Crippen LogP contribution in [0.4, 0.5) is 5.69 Å². The molecule has 0 aromatic heterocycles. The lowest BCUT2D eigenvalue weighted by atomic mass is 9.95. The molecule has 1 N–H and O–H groups in total. The average molecular weight is 614 g/mol. The number of para-hydroxylation sites is 1. The van der Waals surface area contributed by atoms with Crippen LogP contribution in [-0.2, 0) is 31.4 Å². The van der Waals surface area contributed by atoms with Crippen LogP contribution in [0.5, 0.6) is 11.5 Å². The number of sulfonamides is 2. The van der Waals surface area contributed by atoms with Crippen LogP contribution in [0.1, 0.15) is 44.6 Å². The molecule has 3 aromatic rings. The van der Waals surface area contributed by atoms with Crippen LogP contribution in [-0.4, -0.2) is 57.3 Å². The second kappa shape index (κ2) is 12.8. The van der Waals surface area contributed by atoms with E-state index in [1.165, 1.54) is 28.6 Å². The fourth-order valence-corrected chi connectivity index (χ4v) is 8.49. The first kappa shape index (κ1) is 30.0. The van der Waals surface area contributed by atoms with Gasteiger partial charge in [0.2, 0.25) is 32.7 Å². The van der Waals surface area contributed by atoms with Gasteiger partial charge in [-0.1, -0.05) is 50.5 Å². The molecule has 5 rings (SSSR count). The largest absolute Gasteiger partial charge is 0.454 e. The van der Waals surface area contributed by atoms with Crippen LogP contribution < -0.4 is 14.8 Å². The van der Waals surface area contributed by atoms with Crippen LogP contribution in [0.2, 0.25) is 0 Å². The van der Waals surface area contributed by atoms with Crippen molar-refractivity contribution in [3.8, 4) is 11.5 Å². The molecule has 10 nitrogen and oxygen atoms in total. The lowest BCUT2D eigenvalue weighted by Crippen LogP contribution is -2.41. The molecule has 3 aromatic carbocycles. The van der Waals surface area contributed by atoms with Crippen molar-refractivity contribution >= 4 is 31.6 Å². The van der Waals surface area contributed by atoms with Crippen LogP contribution in [0.15, 0.2) is 82.6 Å². The Labute approximate surface area is 247 Å². The number of hydrogen-bond acceptors (Lipinski definition) is 7. The van der Waals surface area contributed by atoms with Gasteiger partial charge >= 0.3 is 0 Å². The van der Waals surface area contributed by atoms with Crippen LogP contribution in [0.25, 0.3) is 0 Å². The van der Waals surface area contributed by atoms with E-state index in [0.717, 1.165) is 36.4 Å². The molecular weight excluding hydrogens is 578 g/mol. The molecule has 1 heterocycles. The molecule has 1 aliphatic heterocycles. The Hall–Kier alpha value is -3.45. The fourth-order valence-electron chi connectivity index (χ4n) is 5.41. The van der Waals surface area contributed by atoms with Gasteiger partial charge in [-0.25, -0.2) is 16.8 Å². The Balaban J connectivity index is 1.41. The number of fused-ring (bicyclic) bond motifs is 1. The quantitative estimate of drug-likeness (QED) is 0.336. The third kappa shape index (κ3) is 6.62. The minimum atomic E-state index is -4.22. The smallest absolute Gasteiger partial charge is 0.243 e. The predicted molar refractivity (Wildman–Crippen MR) is 158 cm³/mol. The Morgan fingerprint density at radius 2 is 1.48 bits per heavy atom. The highest BCUT2D eigenvalue weighted by Crippen LogP contribution is 2.34. The van der Waals surface area contributed by atoms with Crippen molar-refractivity contribution in [2.45, 2.75) is 61.4 Å². The van der Waals surface area contributed by atoms with Crippen molar-refractivity contribution in [3.05, 3.63) is 78.4 Å². The maximum Gasteiger partial charge on any atom is 0.243 e. The summed E-state index contributed by atoms with van der Waals surface area (Å²) in [7, 11) is -8.02. The standard InChI is InChI=1S/C30H35N3O7S2/c1-2-33(25-11-7-4-8-12-25)42(37,38)27-16-14-26(15-17-27)41(35,36)32(21-30(34)31-24-9-5-3-6-10-24)20-23-13-18-28-29(19-23)40-22-39-28/h3,5-6,9-10,13-19,25H,2,4,7-8,11-12,20-22H2,1H3,(H,31,34). The fraction of sp³-hybridized carbons (Fsp3) is 0.367. The number of ether oxygens (including phenoxy) is 2. The molecule has 1 aliphatic carbocycles. The maximum atomic E-state index is 13.9. The summed E-state index contributed by atoms with van der Waals surface area (Å²) in [5.74, 6) is 0.531. The molecule has 42 heavy (non-hydrogen) atoms. The Bertz CT molecular complexity index is 1610. The van der Waals surface area contributed by atoms with E-state index in [-0.39, 0.29) is 29.2 Å². The van der Waals surface area contributed by atoms with Gasteiger partial charge in [-0.2, -0.15) is 8.61 Å². The van der Waals surface area contributed by atoms with Gasteiger partial charge in [0, 0.05) is 24.8 Å². The summed E-state index contributed by atoms with van der Waals surface area (Å²) in [6.07, 6.45) is 4.72. The Morgan fingerprint density at radius 1 is 0.833 bits per heavy atom. The summed E-state index contributed by atoms with van der Waals surface area (Å²) in [5.41, 5.74) is 1.14. The molecule has 0 radical (unpaired) electrons. The highest BCUT2D eigenvalue weighted by atomic mass is 32.2. The Kier molecular flexibility index (Phi) is 9.16. The molecule has 1 saturated carbocycles. The van der Waals surface area contributed by atoms with Gasteiger partial charge in [0.05, 0.1) is 16.3 Å². The highest BCUT2D eigenvalue weighted by molar-refractivity contribution is 7.89. The molecule has 2 aliphatic rings. The second-order valence-corrected chi connectivity index (χ2v) is 14.2. The number of benzene rings is 3. The van der Waals surface area contributed by atoms with Crippen molar-refractivity contribution in [1.29, 1.82) is 0 Å². The van der Waals surface area contributed by atoms with E-state index < -0.39 is 32.5 Å². The van der Waals surface area contributed by atoms with Crippen LogP contribution >= 0.6 is 0 Å². The zero-order valence-electron chi connectivity index (χ0n) is 23.4. The highest BCUT2D eigenvalue weighted by Gasteiger charge is 2.32. The first-order valence-electron chi connectivity index (χ1n) is 14.0. The number of nitrogens with one attached hydrogen (secondary N) is 1. The molecule has 0 spiro atoms. The minimum Gasteiger partial charge on any atom is -0.454 e. The summed E-state index contributed by atoms with van der Waals surface area (Å²) >= 11 is 0. The monoisotopic (exact) mass is 613 g/mol. The van der Waals surface area contributed by atoms with Crippen LogP contribution in [0.3, 0.4) is 0 Å². The summed E-state index contributed by atoms with van der Waals surface area (Å²) in [5, 5.41) is 2.73. The predicted octanol–water partition coefficient (Wildman–Crippen LogP) is 4.59. The minimum absolute atomic E-state index is 0.0398. The lowest BCUT2D eigenvalue weighted by molar-refractivity contribution is -0.116. The average Bonchev–Trinajstić information content (AvgIpc) is 3.46. The zero-order chi connectivity index (χ0) is 29.7. The van der Waals surface area contributed by atoms with Gasteiger partial charge in [0.25, 0.3) is 0 Å². The van der Waals surface area contributed by atoms with E-state index in [1.807, 2.05) is 13.0 Å². The van der Waals surface area contributed by atoms with Crippen LogP contribution in [0, 0.1) is 0 Å². The molecule has 1 fully saturated rings. The first-order valence-corrected chi connectivity index (χ1v) is 16.9. The van der Waals surface area contributed by atoms with E-state index in [2.05, 4.69) is 5.32 Å². The summed E-state index contributed by atoms with van der Waals surface area (Å²) < 4.78 is 68.2. The number of nitrogens with zero attached hydrogens (tertiary/aromatic N) is 2. The van der Waals surface area contributed by atoms with E-state index in [0.29, 0.717) is 29.3 Å². The Morgan fingerprint density at radius 3 is 2.14 bits per heavy atom. The number of rotatable bonds is 11. The van der Waals surface area contributed by atoms with Crippen molar-refractivity contribution in [1.82, 2.24) is 8.61 Å². The van der Waals surface area contributed by atoms with E-state index in [4.69, 9.17) is 9.47 Å².